The Hall–Kier alpha value is -0.650. The van der Waals surface area contributed by atoms with Crippen molar-refractivity contribution < 1.29 is 4.74 Å². The van der Waals surface area contributed by atoms with E-state index in [0.29, 0.717) is 0 Å². The molecule has 0 fully saturated rings. The molecule has 1 aromatic heterocycles. The molecule has 17 heavy (non-hydrogen) atoms. The SMILES string of the molecule is CCCNCc1sc(N(C)CCOC)nc1C. The van der Waals surface area contributed by atoms with Gasteiger partial charge in [0.1, 0.15) is 0 Å². The largest absolute Gasteiger partial charge is 0.383 e. The summed E-state index contributed by atoms with van der Waals surface area (Å²) in [6.45, 7) is 7.86. The topological polar surface area (TPSA) is 37.4 Å². The monoisotopic (exact) mass is 257 g/mol. The molecule has 1 N–H and O–H groups in total. The van der Waals surface area contributed by atoms with Gasteiger partial charge in [-0.25, -0.2) is 4.98 Å². The van der Waals surface area contributed by atoms with Crippen molar-refractivity contribution in [3.63, 3.8) is 0 Å². The van der Waals surface area contributed by atoms with Crippen molar-refractivity contribution in [2.24, 2.45) is 0 Å². The number of methoxy groups -OCH3 is 1. The van der Waals surface area contributed by atoms with Gasteiger partial charge in [-0.05, 0) is 19.9 Å². The minimum Gasteiger partial charge on any atom is -0.383 e. The number of anilines is 1. The summed E-state index contributed by atoms with van der Waals surface area (Å²) in [6.07, 6.45) is 1.17. The molecule has 0 unspecified atom stereocenters. The van der Waals surface area contributed by atoms with E-state index in [-0.39, 0.29) is 0 Å². The number of thiazole rings is 1. The normalized spacial score (nSPS) is 10.8. The van der Waals surface area contributed by atoms with Crippen molar-refractivity contribution in [3.05, 3.63) is 10.6 Å². The number of nitrogens with one attached hydrogen (secondary N) is 1. The Balaban J connectivity index is 2.54. The molecule has 0 saturated heterocycles. The molecule has 4 nitrogen and oxygen atoms in total. The van der Waals surface area contributed by atoms with Crippen LogP contribution in [0.4, 0.5) is 5.13 Å². The molecule has 0 saturated carbocycles. The Labute approximate surface area is 108 Å². The Morgan fingerprint density at radius 2 is 2.24 bits per heavy atom. The third-order valence-corrected chi connectivity index (χ3v) is 3.82. The number of aromatic nitrogens is 1. The van der Waals surface area contributed by atoms with Crippen molar-refractivity contribution in [3.8, 4) is 0 Å². The molecule has 0 aliphatic carbocycles. The minimum absolute atomic E-state index is 0.735. The van der Waals surface area contributed by atoms with Crippen molar-refractivity contribution in [2.75, 3.05) is 38.8 Å². The average Bonchev–Trinajstić information content (AvgIpc) is 2.68. The highest BCUT2D eigenvalue weighted by Crippen LogP contribution is 2.24. The summed E-state index contributed by atoms with van der Waals surface area (Å²) in [6, 6.07) is 0. The first-order valence-corrected chi connectivity index (χ1v) is 6.87. The zero-order valence-electron chi connectivity index (χ0n) is 11.2. The van der Waals surface area contributed by atoms with Crippen LogP contribution >= 0.6 is 11.3 Å². The summed E-state index contributed by atoms with van der Waals surface area (Å²) in [7, 11) is 3.78. The molecular formula is C12H23N3OS. The van der Waals surface area contributed by atoms with E-state index in [2.05, 4.69) is 36.1 Å². The predicted octanol–water partition coefficient (Wildman–Crippen LogP) is 2.03. The van der Waals surface area contributed by atoms with Gasteiger partial charge in [-0.2, -0.15) is 0 Å². The van der Waals surface area contributed by atoms with E-state index < -0.39 is 0 Å². The van der Waals surface area contributed by atoms with Gasteiger partial charge in [-0.1, -0.05) is 6.92 Å². The molecule has 0 atom stereocenters. The molecule has 0 bridgehead atoms. The number of hydrogen-bond donors (Lipinski definition) is 1. The summed E-state index contributed by atoms with van der Waals surface area (Å²) < 4.78 is 5.07. The van der Waals surface area contributed by atoms with Crippen LogP contribution in [0.3, 0.4) is 0 Å². The van der Waals surface area contributed by atoms with Crippen LogP contribution in [0.25, 0.3) is 0 Å². The number of ether oxygens (including phenoxy) is 1. The van der Waals surface area contributed by atoms with Crippen LogP contribution in [0.15, 0.2) is 0 Å². The third-order valence-electron chi connectivity index (χ3n) is 2.55. The van der Waals surface area contributed by atoms with Crippen molar-refractivity contribution >= 4 is 16.5 Å². The van der Waals surface area contributed by atoms with Crippen LogP contribution in [0, 0.1) is 6.92 Å². The molecular weight excluding hydrogens is 234 g/mol. The molecule has 1 heterocycles. The van der Waals surface area contributed by atoms with Gasteiger partial charge < -0.3 is 15.0 Å². The van der Waals surface area contributed by atoms with Crippen LogP contribution in [0.1, 0.15) is 23.9 Å². The number of aryl methyl sites for hydroxylation is 1. The minimum atomic E-state index is 0.735. The molecule has 0 aliphatic rings. The lowest BCUT2D eigenvalue weighted by Crippen LogP contribution is -2.21. The Morgan fingerprint density at radius 1 is 1.47 bits per heavy atom. The first kappa shape index (κ1) is 14.4. The Bertz CT molecular complexity index is 328. The number of likely N-dealkylation sites (N-methyl/N-ethyl adjacent to an activating group) is 1. The molecule has 0 aromatic carbocycles. The first-order valence-electron chi connectivity index (χ1n) is 6.06. The second-order valence-electron chi connectivity index (χ2n) is 4.10. The predicted molar refractivity (Wildman–Crippen MR) is 74.0 cm³/mol. The maximum Gasteiger partial charge on any atom is 0.185 e. The zero-order valence-corrected chi connectivity index (χ0v) is 12.1. The van der Waals surface area contributed by atoms with E-state index in [9.17, 15) is 0 Å². The lowest BCUT2D eigenvalue weighted by Gasteiger charge is -2.14. The second kappa shape index (κ2) is 7.63. The average molecular weight is 257 g/mol. The van der Waals surface area contributed by atoms with Gasteiger partial charge in [-0.15, -0.1) is 11.3 Å². The van der Waals surface area contributed by atoms with Gasteiger partial charge in [-0.3, -0.25) is 0 Å². The van der Waals surface area contributed by atoms with E-state index >= 15 is 0 Å². The maximum absolute atomic E-state index is 5.07. The van der Waals surface area contributed by atoms with Crippen LogP contribution in [0.2, 0.25) is 0 Å². The van der Waals surface area contributed by atoms with Crippen LogP contribution in [-0.4, -0.2) is 38.8 Å². The fourth-order valence-electron chi connectivity index (χ4n) is 1.44. The lowest BCUT2D eigenvalue weighted by atomic mass is 10.4. The highest BCUT2D eigenvalue weighted by molar-refractivity contribution is 7.15. The molecule has 0 spiro atoms. The number of hydrogen-bond acceptors (Lipinski definition) is 5. The molecule has 5 heteroatoms. The first-order chi connectivity index (χ1) is 8.19. The van der Waals surface area contributed by atoms with Gasteiger partial charge in [0.25, 0.3) is 0 Å². The summed E-state index contributed by atoms with van der Waals surface area (Å²) in [5.74, 6) is 0. The maximum atomic E-state index is 5.07. The van der Waals surface area contributed by atoms with E-state index in [4.69, 9.17) is 4.74 Å². The summed E-state index contributed by atoms with van der Waals surface area (Å²) in [4.78, 5) is 8.07. The van der Waals surface area contributed by atoms with E-state index in [0.717, 1.165) is 37.1 Å². The van der Waals surface area contributed by atoms with Crippen molar-refractivity contribution in [1.82, 2.24) is 10.3 Å². The van der Waals surface area contributed by atoms with E-state index in [1.807, 2.05) is 0 Å². The molecule has 0 aliphatic heterocycles. The highest BCUT2D eigenvalue weighted by Gasteiger charge is 2.10. The van der Waals surface area contributed by atoms with Crippen molar-refractivity contribution in [2.45, 2.75) is 26.8 Å². The van der Waals surface area contributed by atoms with Gasteiger partial charge in [0.15, 0.2) is 5.13 Å². The third kappa shape index (κ3) is 4.61. The van der Waals surface area contributed by atoms with Crippen molar-refractivity contribution in [1.29, 1.82) is 0 Å². The van der Waals surface area contributed by atoms with Crippen LogP contribution in [0.5, 0.6) is 0 Å². The Kier molecular flexibility index (Phi) is 6.47. The van der Waals surface area contributed by atoms with Crippen LogP contribution in [-0.2, 0) is 11.3 Å². The summed E-state index contributed by atoms with van der Waals surface area (Å²) in [5.41, 5.74) is 1.14. The quantitative estimate of drug-likeness (QED) is 0.723. The van der Waals surface area contributed by atoms with Gasteiger partial charge in [0.05, 0.1) is 12.3 Å². The van der Waals surface area contributed by atoms with Gasteiger partial charge in [0.2, 0.25) is 0 Å². The van der Waals surface area contributed by atoms with Gasteiger partial charge in [0, 0.05) is 32.1 Å². The number of rotatable bonds is 8. The standard InChI is InChI=1S/C12H23N3OS/c1-5-6-13-9-11-10(2)14-12(17-11)15(3)7-8-16-4/h13H,5-9H2,1-4H3. The summed E-state index contributed by atoms with van der Waals surface area (Å²) in [5, 5.41) is 4.49. The fourth-order valence-corrected chi connectivity index (χ4v) is 2.46. The lowest BCUT2D eigenvalue weighted by molar-refractivity contribution is 0.206. The zero-order chi connectivity index (χ0) is 12.7. The smallest absolute Gasteiger partial charge is 0.185 e. The second-order valence-corrected chi connectivity index (χ2v) is 5.16. The van der Waals surface area contributed by atoms with Gasteiger partial charge >= 0.3 is 0 Å². The molecule has 0 radical (unpaired) electrons. The summed E-state index contributed by atoms with van der Waals surface area (Å²) >= 11 is 1.77. The molecule has 1 aromatic rings. The molecule has 0 amide bonds. The van der Waals surface area contributed by atoms with E-state index in [1.165, 1.54) is 11.3 Å². The fraction of sp³-hybridized carbons (Fsp3) is 0.750. The molecule has 1 rings (SSSR count). The molecule has 98 valence electrons. The number of nitrogens with zero attached hydrogens (tertiary/aromatic N) is 2. The Morgan fingerprint density at radius 3 is 2.88 bits per heavy atom. The highest BCUT2D eigenvalue weighted by atomic mass is 32.1. The van der Waals surface area contributed by atoms with Crippen LogP contribution < -0.4 is 10.2 Å². The van der Waals surface area contributed by atoms with E-state index in [1.54, 1.807) is 18.4 Å².